The molecule has 0 rings (SSSR count). The van der Waals surface area contributed by atoms with E-state index in [-0.39, 0.29) is 0 Å². The summed E-state index contributed by atoms with van der Waals surface area (Å²) in [5.41, 5.74) is 0. The fourth-order valence-electron chi connectivity index (χ4n) is 1.35. The first-order chi connectivity index (χ1) is 7.35. The molecule has 92 valence electrons. The van der Waals surface area contributed by atoms with Gasteiger partial charge in [-0.25, -0.2) is 0 Å². The van der Waals surface area contributed by atoms with Crippen molar-refractivity contribution >= 4 is 9.28 Å². The number of unbranched alkanes of at least 4 members (excludes halogenated alkanes) is 1. The normalized spacial score (nSPS) is 11.2. The van der Waals surface area contributed by atoms with Gasteiger partial charge in [0.05, 0.1) is 0 Å². The summed E-state index contributed by atoms with van der Waals surface area (Å²) in [6.07, 6.45) is 3.40. The van der Waals surface area contributed by atoms with Crippen molar-refractivity contribution in [2.75, 3.05) is 26.4 Å². The molecule has 0 radical (unpaired) electrons. The summed E-state index contributed by atoms with van der Waals surface area (Å²) in [5, 5.41) is 0. The SMILES string of the molecule is CCCOCCCC[SiH](OCC)OCC. The predicted octanol–water partition coefficient (Wildman–Crippen LogP) is 2.49. The summed E-state index contributed by atoms with van der Waals surface area (Å²) in [4.78, 5) is 0. The molecule has 4 heteroatoms. The van der Waals surface area contributed by atoms with Gasteiger partial charge in [-0.2, -0.15) is 0 Å². The van der Waals surface area contributed by atoms with Crippen molar-refractivity contribution in [1.29, 1.82) is 0 Å². The van der Waals surface area contributed by atoms with Crippen LogP contribution in [-0.4, -0.2) is 35.7 Å². The first-order valence-electron chi connectivity index (χ1n) is 6.16. The summed E-state index contributed by atoms with van der Waals surface area (Å²) in [6, 6.07) is 1.11. The highest BCUT2D eigenvalue weighted by Crippen LogP contribution is 2.05. The molecular formula is C11H26O3Si. The maximum absolute atomic E-state index is 5.59. The van der Waals surface area contributed by atoms with Gasteiger partial charge in [-0.1, -0.05) is 6.92 Å². The molecule has 0 saturated heterocycles. The molecule has 0 aromatic carbocycles. The summed E-state index contributed by atoms with van der Waals surface area (Å²) in [5.74, 6) is 0. The highest BCUT2D eigenvalue weighted by molar-refractivity contribution is 6.44. The Morgan fingerprint density at radius 1 is 0.867 bits per heavy atom. The Labute approximate surface area is 96.0 Å². The second kappa shape index (κ2) is 12.2. The minimum Gasteiger partial charge on any atom is -0.397 e. The van der Waals surface area contributed by atoms with E-state index in [1.165, 1.54) is 6.42 Å². The molecule has 0 atom stereocenters. The highest BCUT2D eigenvalue weighted by atomic mass is 28.3. The van der Waals surface area contributed by atoms with Gasteiger partial charge < -0.3 is 13.6 Å². The lowest BCUT2D eigenvalue weighted by molar-refractivity contribution is 0.131. The molecule has 0 spiro atoms. The zero-order chi connectivity index (χ0) is 11.4. The fourth-order valence-corrected chi connectivity index (χ4v) is 3.14. The van der Waals surface area contributed by atoms with Gasteiger partial charge in [0.15, 0.2) is 0 Å². The van der Waals surface area contributed by atoms with E-state index in [9.17, 15) is 0 Å². The van der Waals surface area contributed by atoms with Gasteiger partial charge in [0.2, 0.25) is 0 Å². The Balaban J connectivity index is 3.28. The molecule has 0 amide bonds. The summed E-state index contributed by atoms with van der Waals surface area (Å²) < 4.78 is 16.6. The van der Waals surface area contributed by atoms with Crippen LogP contribution in [0.3, 0.4) is 0 Å². The monoisotopic (exact) mass is 234 g/mol. The van der Waals surface area contributed by atoms with Crippen LogP contribution in [0.5, 0.6) is 0 Å². The minimum atomic E-state index is -1.35. The number of ether oxygens (including phenoxy) is 1. The van der Waals surface area contributed by atoms with Crippen molar-refractivity contribution in [1.82, 2.24) is 0 Å². The molecular weight excluding hydrogens is 208 g/mol. The average Bonchev–Trinajstić information content (AvgIpc) is 2.24. The Bertz CT molecular complexity index is 116. The smallest absolute Gasteiger partial charge is 0.321 e. The molecule has 0 aliphatic heterocycles. The van der Waals surface area contributed by atoms with Crippen LogP contribution < -0.4 is 0 Å². The third kappa shape index (κ3) is 10.4. The number of hydrogen-bond acceptors (Lipinski definition) is 3. The lowest BCUT2D eigenvalue weighted by Gasteiger charge is -2.14. The topological polar surface area (TPSA) is 27.7 Å². The van der Waals surface area contributed by atoms with Gasteiger partial charge in [-0.3, -0.25) is 0 Å². The van der Waals surface area contributed by atoms with Crippen LogP contribution in [0.1, 0.15) is 40.0 Å². The van der Waals surface area contributed by atoms with Crippen molar-refractivity contribution in [2.45, 2.75) is 46.1 Å². The molecule has 0 aliphatic carbocycles. The molecule has 3 nitrogen and oxygen atoms in total. The maximum Gasteiger partial charge on any atom is 0.321 e. The second-order valence-electron chi connectivity index (χ2n) is 3.45. The van der Waals surface area contributed by atoms with Gasteiger partial charge in [-0.15, -0.1) is 0 Å². The van der Waals surface area contributed by atoms with Gasteiger partial charge in [-0.05, 0) is 39.2 Å². The zero-order valence-electron chi connectivity index (χ0n) is 10.5. The standard InChI is InChI=1S/C11H26O3Si/c1-4-9-12-10-7-8-11-15(13-5-2)14-6-3/h15H,4-11H2,1-3H3. The van der Waals surface area contributed by atoms with Crippen molar-refractivity contribution in [3.05, 3.63) is 0 Å². The Kier molecular flexibility index (Phi) is 12.2. The number of rotatable bonds is 11. The van der Waals surface area contributed by atoms with Crippen molar-refractivity contribution in [3.8, 4) is 0 Å². The molecule has 15 heavy (non-hydrogen) atoms. The lowest BCUT2D eigenvalue weighted by Crippen LogP contribution is -2.22. The number of hydrogen-bond donors (Lipinski definition) is 0. The van der Waals surface area contributed by atoms with Crippen LogP contribution in [0.25, 0.3) is 0 Å². The van der Waals surface area contributed by atoms with E-state index in [4.69, 9.17) is 13.6 Å². The maximum atomic E-state index is 5.59. The highest BCUT2D eigenvalue weighted by Gasteiger charge is 2.10. The van der Waals surface area contributed by atoms with E-state index >= 15 is 0 Å². The molecule has 0 aliphatic rings. The Morgan fingerprint density at radius 2 is 1.53 bits per heavy atom. The molecule has 0 aromatic heterocycles. The van der Waals surface area contributed by atoms with E-state index in [2.05, 4.69) is 6.92 Å². The molecule has 0 N–H and O–H groups in total. The first-order valence-corrected chi connectivity index (χ1v) is 7.91. The summed E-state index contributed by atoms with van der Waals surface area (Å²) in [6.45, 7) is 9.53. The van der Waals surface area contributed by atoms with Gasteiger partial charge in [0.25, 0.3) is 0 Å². The second-order valence-corrected chi connectivity index (χ2v) is 5.55. The molecule has 0 aromatic rings. The van der Waals surface area contributed by atoms with E-state index in [0.717, 1.165) is 45.3 Å². The quantitative estimate of drug-likeness (QED) is 0.406. The van der Waals surface area contributed by atoms with Crippen LogP contribution >= 0.6 is 0 Å². The van der Waals surface area contributed by atoms with E-state index in [0.29, 0.717) is 0 Å². The van der Waals surface area contributed by atoms with Crippen LogP contribution in [0.4, 0.5) is 0 Å². The van der Waals surface area contributed by atoms with Crippen LogP contribution in [0.15, 0.2) is 0 Å². The lowest BCUT2D eigenvalue weighted by atomic mass is 10.3. The molecule has 0 saturated carbocycles. The molecule has 0 unspecified atom stereocenters. The Morgan fingerprint density at radius 3 is 2.07 bits per heavy atom. The van der Waals surface area contributed by atoms with Gasteiger partial charge in [0.1, 0.15) is 0 Å². The molecule has 0 bridgehead atoms. The summed E-state index contributed by atoms with van der Waals surface area (Å²) >= 11 is 0. The van der Waals surface area contributed by atoms with Crippen molar-refractivity contribution < 1.29 is 13.6 Å². The van der Waals surface area contributed by atoms with E-state index < -0.39 is 9.28 Å². The van der Waals surface area contributed by atoms with Crippen molar-refractivity contribution in [3.63, 3.8) is 0 Å². The van der Waals surface area contributed by atoms with Crippen molar-refractivity contribution in [2.24, 2.45) is 0 Å². The fraction of sp³-hybridized carbons (Fsp3) is 1.00. The summed E-state index contributed by atoms with van der Waals surface area (Å²) in [7, 11) is -1.35. The van der Waals surface area contributed by atoms with E-state index in [1.807, 2.05) is 13.8 Å². The van der Waals surface area contributed by atoms with Crippen LogP contribution in [-0.2, 0) is 13.6 Å². The third-order valence-corrected chi connectivity index (χ3v) is 4.32. The largest absolute Gasteiger partial charge is 0.397 e. The van der Waals surface area contributed by atoms with Crippen LogP contribution in [0.2, 0.25) is 6.04 Å². The average molecular weight is 234 g/mol. The minimum absolute atomic E-state index is 0.781. The van der Waals surface area contributed by atoms with Crippen LogP contribution in [0, 0.1) is 0 Å². The Hall–Kier alpha value is 0.0969. The third-order valence-electron chi connectivity index (χ3n) is 2.03. The molecule has 0 fully saturated rings. The van der Waals surface area contributed by atoms with Gasteiger partial charge in [0, 0.05) is 26.4 Å². The molecule has 0 heterocycles. The zero-order valence-corrected chi connectivity index (χ0v) is 11.6. The predicted molar refractivity (Wildman–Crippen MR) is 65.6 cm³/mol. The van der Waals surface area contributed by atoms with E-state index in [1.54, 1.807) is 0 Å². The first kappa shape index (κ1) is 15.1. The van der Waals surface area contributed by atoms with Gasteiger partial charge >= 0.3 is 9.28 Å².